The van der Waals surface area contributed by atoms with E-state index in [4.69, 9.17) is 0 Å². The molecule has 0 bridgehead atoms. The van der Waals surface area contributed by atoms with E-state index in [0.717, 1.165) is 19.4 Å². The summed E-state index contributed by atoms with van der Waals surface area (Å²) >= 11 is 0. The number of benzene rings is 5. The second kappa shape index (κ2) is 14.3. The number of piperidine rings is 1. The molecule has 1 aliphatic heterocycles. The van der Waals surface area contributed by atoms with Crippen molar-refractivity contribution < 1.29 is 4.79 Å². The summed E-state index contributed by atoms with van der Waals surface area (Å²) in [5, 5.41) is 0. The third kappa shape index (κ3) is 6.69. The first kappa shape index (κ1) is 29.6. The summed E-state index contributed by atoms with van der Waals surface area (Å²) in [6.45, 7) is 3.52. The maximum atomic E-state index is 14.0. The fourth-order valence-corrected chi connectivity index (χ4v) is 7.15. The molecule has 0 spiro atoms. The van der Waals surface area contributed by atoms with Gasteiger partial charge in [0.05, 0.1) is 0 Å². The number of hydrogen-bond acceptors (Lipinski definition) is 2. The Morgan fingerprint density at radius 3 is 1.66 bits per heavy atom. The molecule has 5 aromatic carbocycles. The minimum Gasteiger partial charge on any atom is -0.335 e. The smallest absolute Gasteiger partial charge is 0.222 e. The van der Waals surface area contributed by atoms with Gasteiger partial charge in [0.2, 0.25) is 5.91 Å². The zero-order valence-corrected chi connectivity index (χ0v) is 25.6. The van der Waals surface area contributed by atoms with Gasteiger partial charge in [-0.3, -0.25) is 9.69 Å². The third-order valence-electron chi connectivity index (χ3n) is 9.21. The number of likely N-dealkylation sites (tertiary alicyclic amines) is 1. The van der Waals surface area contributed by atoms with Crippen LogP contribution in [-0.2, 0) is 17.8 Å². The van der Waals surface area contributed by atoms with E-state index in [9.17, 15) is 4.79 Å². The fourth-order valence-electron chi connectivity index (χ4n) is 7.15. The lowest BCUT2D eigenvalue weighted by molar-refractivity contribution is -0.137. The number of hydrogen-bond donors (Lipinski definition) is 0. The molecule has 222 valence electrons. The Hall–Kier alpha value is -4.47. The lowest BCUT2D eigenvalue weighted by Gasteiger charge is -2.53. The molecule has 0 saturated carbocycles. The Bertz CT molecular complexity index is 1580. The van der Waals surface area contributed by atoms with E-state index in [1.165, 1.54) is 27.8 Å². The van der Waals surface area contributed by atoms with Crippen molar-refractivity contribution in [2.75, 3.05) is 6.54 Å². The number of carbonyl (C=O) groups is 1. The van der Waals surface area contributed by atoms with Crippen LogP contribution in [0.1, 0.15) is 65.6 Å². The first-order chi connectivity index (χ1) is 21.7. The summed E-state index contributed by atoms with van der Waals surface area (Å²) in [5.74, 6) is 0.296. The van der Waals surface area contributed by atoms with Gasteiger partial charge in [0.15, 0.2) is 0 Å². The number of nitrogens with zero attached hydrogens (tertiary/aromatic N) is 2. The van der Waals surface area contributed by atoms with Crippen molar-refractivity contribution in [3.63, 3.8) is 0 Å². The van der Waals surface area contributed by atoms with Crippen LogP contribution in [0.3, 0.4) is 0 Å². The topological polar surface area (TPSA) is 23.6 Å². The van der Waals surface area contributed by atoms with Crippen LogP contribution in [0, 0.1) is 0 Å². The molecule has 0 aromatic heterocycles. The predicted molar refractivity (Wildman–Crippen MR) is 180 cm³/mol. The van der Waals surface area contributed by atoms with Gasteiger partial charge in [-0.25, -0.2) is 0 Å². The molecule has 3 nitrogen and oxygen atoms in total. The maximum absolute atomic E-state index is 14.0. The van der Waals surface area contributed by atoms with E-state index in [1.807, 2.05) is 13.0 Å². The van der Waals surface area contributed by atoms with Crippen LogP contribution in [0.15, 0.2) is 152 Å². The molecule has 3 heteroatoms. The highest BCUT2D eigenvalue weighted by molar-refractivity contribution is 5.76. The van der Waals surface area contributed by atoms with Gasteiger partial charge >= 0.3 is 0 Å². The van der Waals surface area contributed by atoms with E-state index < -0.39 is 0 Å². The van der Waals surface area contributed by atoms with Crippen LogP contribution >= 0.6 is 0 Å². The highest BCUT2D eigenvalue weighted by Crippen LogP contribution is 2.51. The molecular weight excluding hydrogens is 536 g/mol. The first-order valence-corrected chi connectivity index (χ1v) is 16.0. The summed E-state index contributed by atoms with van der Waals surface area (Å²) in [5.41, 5.74) is 6.39. The van der Waals surface area contributed by atoms with Crippen LogP contribution in [0.2, 0.25) is 0 Å². The Kier molecular flexibility index (Phi) is 9.64. The maximum Gasteiger partial charge on any atom is 0.222 e. The molecule has 4 unspecified atom stereocenters. The van der Waals surface area contributed by atoms with E-state index in [2.05, 4.69) is 155 Å². The molecule has 1 aliphatic rings. The molecule has 44 heavy (non-hydrogen) atoms. The molecular formula is C41H42N2O. The SMILES string of the molecule is CCC(=O)N(Cc1ccccc1)C1CC(c2ccccc2)N(CCc2ccccc2)C(c2ccccc2)C1c1ccccc1. The van der Waals surface area contributed by atoms with Crippen molar-refractivity contribution in [3.8, 4) is 0 Å². The molecule has 1 fully saturated rings. The largest absolute Gasteiger partial charge is 0.335 e. The molecule has 0 N–H and O–H groups in total. The van der Waals surface area contributed by atoms with E-state index in [-0.39, 0.29) is 30.0 Å². The van der Waals surface area contributed by atoms with Crippen molar-refractivity contribution in [2.24, 2.45) is 0 Å². The van der Waals surface area contributed by atoms with Gasteiger partial charge in [-0.15, -0.1) is 0 Å². The minimum atomic E-state index is 0.00782. The molecule has 1 amide bonds. The van der Waals surface area contributed by atoms with Crippen LogP contribution < -0.4 is 0 Å². The van der Waals surface area contributed by atoms with Crippen molar-refractivity contribution in [2.45, 2.75) is 56.8 Å². The number of amides is 1. The Labute approximate surface area is 262 Å². The van der Waals surface area contributed by atoms with Crippen molar-refractivity contribution >= 4 is 5.91 Å². The second-order valence-electron chi connectivity index (χ2n) is 11.9. The molecule has 0 radical (unpaired) electrons. The third-order valence-corrected chi connectivity index (χ3v) is 9.21. The van der Waals surface area contributed by atoms with Gasteiger partial charge in [0, 0.05) is 43.6 Å². The summed E-state index contributed by atoms with van der Waals surface area (Å²) in [6.07, 6.45) is 2.30. The quantitative estimate of drug-likeness (QED) is 0.165. The highest BCUT2D eigenvalue weighted by atomic mass is 16.2. The zero-order chi connectivity index (χ0) is 30.1. The Morgan fingerprint density at radius 2 is 1.11 bits per heavy atom. The van der Waals surface area contributed by atoms with Gasteiger partial charge < -0.3 is 4.90 Å². The van der Waals surface area contributed by atoms with E-state index >= 15 is 0 Å². The van der Waals surface area contributed by atoms with Gasteiger partial charge in [-0.05, 0) is 40.7 Å². The van der Waals surface area contributed by atoms with Crippen molar-refractivity contribution in [1.82, 2.24) is 9.80 Å². The zero-order valence-electron chi connectivity index (χ0n) is 25.6. The van der Waals surface area contributed by atoms with E-state index in [1.54, 1.807) is 0 Å². The summed E-state index contributed by atoms with van der Waals surface area (Å²) in [6, 6.07) is 54.4. The molecule has 0 aliphatic carbocycles. The highest BCUT2D eigenvalue weighted by Gasteiger charge is 2.47. The van der Waals surface area contributed by atoms with Gasteiger partial charge in [0.1, 0.15) is 0 Å². The van der Waals surface area contributed by atoms with Gasteiger partial charge in [0.25, 0.3) is 0 Å². The van der Waals surface area contributed by atoms with Crippen molar-refractivity contribution in [1.29, 1.82) is 0 Å². The first-order valence-electron chi connectivity index (χ1n) is 16.0. The monoisotopic (exact) mass is 578 g/mol. The molecule has 5 aromatic rings. The second-order valence-corrected chi connectivity index (χ2v) is 11.9. The normalized spacial score (nSPS) is 20.2. The summed E-state index contributed by atoms with van der Waals surface area (Å²) in [7, 11) is 0. The summed E-state index contributed by atoms with van der Waals surface area (Å²) < 4.78 is 0. The fraction of sp³-hybridized carbons (Fsp3) is 0.244. The number of rotatable bonds is 10. The molecule has 4 atom stereocenters. The molecule has 1 heterocycles. The summed E-state index contributed by atoms with van der Waals surface area (Å²) in [4.78, 5) is 18.9. The minimum absolute atomic E-state index is 0.00782. The van der Waals surface area contributed by atoms with Crippen LogP contribution in [-0.4, -0.2) is 28.3 Å². The van der Waals surface area contributed by atoms with Crippen molar-refractivity contribution in [3.05, 3.63) is 179 Å². The lowest BCUT2D eigenvalue weighted by atomic mass is 9.72. The van der Waals surface area contributed by atoms with Gasteiger partial charge in [-0.2, -0.15) is 0 Å². The molecule has 1 saturated heterocycles. The average Bonchev–Trinajstić information content (AvgIpc) is 3.11. The Morgan fingerprint density at radius 1 is 0.636 bits per heavy atom. The van der Waals surface area contributed by atoms with Crippen LogP contribution in [0.5, 0.6) is 0 Å². The standard InChI is InChI=1S/C41H42N2O/c1-2-39(44)43(31-33-20-10-4-11-21-33)38-30-37(34-22-12-5-13-23-34)42(29-28-32-18-8-3-9-19-32)41(36-26-16-7-17-27-36)40(38)35-24-14-6-15-25-35/h3-27,37-38,40-41H,2,28-31H2,1H3. The predicted octanol–water partition coefficient (Wildman–Crippen LogP) is 9.01. The average molecular weight is 579 g/mol. The van der Waals surface area contributed by atoms with Crippen LogP contribution in [0.25, 0.3) is 0 Å². The Balaban J connectivity index is 1.52. The van der Waals surface area contributed by atoms with Gasteiger partial charge in [-0.1, -0.05) is 159 Å². The number of carbonyl (C=O) groups excluding carboxylic acids is 1. The van der Waals surface area contributed by atoms with E-state index in [0.29, 0.717) is 13.0 Å². The molecule has 6 rings (SSSR count). The lowest BCUT2D eigenvalue weighted by Crippen LogP contribution is -2.54. The van der Waals surface area contributed by atoms with Crippen LogP contribution in [0.4, 0.5) is 0 Å².